The molecule has 2 fully saturated rings. The predicted molar refractivity (Wildman–Crippen MR) is 72.3 cm³/mol. The summed E-state index contributed by atoms with van der Waals surface area (Å²) in [7, 11) is 0. The topological polar surface area (TPSA) is 50.4 Å². The highest BCUT2D eigenvalue weighted by atomic mass is 32.1. The molecule has 1 spiro atoms. The van der Waals surface area contributed by atoms with Crippen LogP contribution in [0, 0.1) is 11.3 Å². The van der Waals surface area contributed by atoms with Crippen molar-refractivity contribution in [2.24, 2.45) is 22.1 Å². The first-order valence-electron chi connectivity index (χ1n) is 6.35. The fourth-order valence-corrected chi connectivity index (χ4v) is 3.20. The maximum Gasteiger partial charge on any atom is 0.188 e. The van der Waals surface area contributed by atoms with Crippen LogP contribution in [-0.2, 0) is 6.42 Å². The third-order valence-electron chi connectivity index (χ3n) is 3.99. The van der Waals surface area contributed by atoms with Crippen LogP contribution in [0.15, 0.2) is 22.5 Å². The minimum atomic E-state index is 0.615. The van der Waals surface area contributed by atoms with E-state index in [0.29, 0.717) is 5.96 Å². The van der Waals surface area contributed by atoms with Gasteiger partial charge in [0.1, 0.15) is 0 Å². The van der Waals surface area contributed by atoms with Gasteiger partial charge in [0.05, 0.1) is 0 Å². The number of aliphatic imine (C=N–C) groups is 1. The van der Waals surface area contributed by atoms with Crippen molar-refractivity contribution in [3.05, 3.63) is 22.4 Å². The van der Waals surface area contributed by atoms with Gasteiger partial charge < -0.3 is 11.1 Å². The molecule has 1 atom stereocenters. The highest BCUT2D eigenvalue weighted by molar-refractivity contribution is 7.09. The summed E-state index contributed by atoms with van der Waals surface area (Å²) in [5.74, 6) is 1.45. The zero-order valence-electron chi connectivity index (χ0n) is 9.98. The third kappa shape index (κ3) is 2.63. The van der Waals surface area contributed by atoms with Gasteiger partial charge in [0.2, 0.25) is 0 Å². The molecule has 0 amide bonds. The molecule has 1 unspecified atom stereocenters. The van der Waals surface area contributed by atoms with Gasteiger partial charge in [0.25, 0.3) is 0 Å². The van der Waals surface area contributed by atoms with Crippen LogP contribution in [0.1, 0.15) is 24.1 Å². The van der Waals surface area contributed by atoms with Crippen LogP contribution >= 0.6 is 11.3 Å². The lowest BCUT2D eigenvalue weighted by molar-refractivity contribution is 0.711. The largest absolute Gasteiger partial charge is 0.370 e. The van der Waals surface area contributed by atoms with Crippen LogP contribution in [-0.4, -0.2) is 19.0 Å². The molecule has 2 saturated carbocycles. The quantitative estimate of drug-likeness (QED) is 0.619. The molecular weight excluding hydrogens is 230 g/mol. The smallest absolute Gasteiger partial charge is 0.188 e. The van der Waals surface area contributed by atoms with Crippen molar-refractivity contribution in [2.75, 3.05) is 13.1 Å². The Kier molecular flexibility index (Phi) is 2.82. The van der Waals surface area contributed by atoms with Crippen LogP contribution in [0.5, 0.6) is 0 Å². The van der Waals surface area contributed by atoms with E-state index in [-0.39, 0.29) is 0 Å². The average molecular weight is 249 g/mol. The summed E-state index contributed by atoms with van der Waals surface area (Å²) in [4.78, 5) is 5.82. The Morgan fingerprint density at radius 3 is 3.12 bits per heavy atom. The first kappa shape index (κ1) is 11.1. The number of hydrogen-bond acceptors (Lipinski definition) is 2. The van der Waals surface area contributed by atoms with Crippen molar-refractivity contribution >= 4 is 17.3 Å². The minimum absolute atomic E-state index is 0.615. The molecule has 17 heavy (non-hydrogen) atoms. The summed E-state index contributed by atoms with van der Waals surface area (Å²) in [6, 6.07) is 4.24. The van der Waals surface area contributed by atoms with Gasteiger partial charge in [-0.2, -0.15) is 0 Å². The van der Waals surface area contributed by atoms with Gasteiger partial charge in [-0.1, -0.05) is 6.07 Å². The molecular formula is C13H19N3S. The van der Waals surface area contributed by atoms with Crippen LogP contribution in [0.25, 0.3) is 0 Å². The summed E-state index contributed by atoms with van der Waals surface area (Å²) >= 11 is 1.79. The van der Waals surface area contributed by atoms with Crippen molar-refractivity contribution < 1.29 is 0 Å². The lowest BCUT2D eigenvalue weighted by Crippen LogP contribution is -2.33. The molecule has 3 nitrogen and oxygen atoms in total. The molecule has 1 aromatic heterocycles. The average Bonchev–Trinajstić information content (AvgIpc) is 3.19. The second-order valence-electron chi connectivity index (χ2n) is 5.25. The standard InChI is InChI=1S/C13H19N3S/c14-12(15-6-3-11-2-1-7-17-11)16-9-10-8-13(10)4-5-13/h1-2,7,10H,3-6,8-9H2,(H3,14,15,16). The van der Waals surface area contributed by atoms with E-state index >= 15 is 0 Å². The van der Waals surface area contributed by atoms with Gasteiger partial charge in [-0.15, -0.1) is 11.3 Å². The summed E-state index contributed by atoms with van der Waals surface area (Å²) in [6.45, 7) is 1.81. The zero-order chi connectivity index (χ0) is 11.7. The number of nitrogens with two attached hydrogens (primary N) is 1. The predicted octanol–water partition coefficient (Wildman–Crippen LogP) is 1.99. The van der Waals surface area contributed by atoms with Gasteiger partial charge in [0, 0.05) is 18.0 Å². The number of nitrogens with zero attached hydrogens (tertiary/aromatic N) is 1. The molecule has 92 valence electrons. The second kappa shape index (κ2) is 4.33. The van der Waals surface area contributed by atoms with Gasteiger partial charge in [-0.25, -0.2) is 0 Å². The third-order valence-corrected chi connectivity index (χ3v) is 4.93. The maximum absolute atomic E-state index is 5.84. The Hall–Kier alpha value is -1.03. The van der Waals surface area contributed by atoms with E-state index in [1.807, 2.05) is 0 Å². The van der Waals surface area contributed by atoms with Gasteiger partial charge >= 0.3 is 0 Å². The Balaban J connectivity index is 1.35. The van der Waals surface area contributed by atoms with Gasteiger partial charge in [-0.05, 0) is 48.5 Å². The molecule has 1 aromatic rings. The van der Waals surface area contributed by atoms with Crippen LogP contribution in [0.3, 0.4) is 0 Å². The van der Waals surface area contributed by atoms with Crippen molar-refractivity contribution in [3.8, 4) is 0 Å². The van der Waals surface area contributed by atoms with Crippen molar-refractivity contribution in [3.63, 3.8) is 0 Å². The number of thiophene rings is 1. The van der Waals surface area contributed by atoms with Gasteiger partial charge in [-0.3, -0.25) is 4.99 Å². The number of hydrogen-bond donors (Lipinski definition) is 2. The first-order chi connectivity index (χ1) is 8.28. The fourth-order valence-electron chi connectivity index (χ4n) is 2.50. The molecule has 4 heteroatoms. The van der Waals surface area contributed by atoms with Crippen molar-refractivity contribution in [1.29, 1.82) is 0 Å². The van der Waals surface area contributed by atoms with Crippen molar-refractivity contribution in [1.82, 2.24) is 5.32 Å². The minimum Gasteiger partial charge on any atom is -0.370 e. The summed E-state index contributed by atoms with van der Waals surface area (Å²) in [6.07, 6.45) is 5.28. The zero-order valence-corrected chi connectivity index (χ0v) is 10.8. The lowest BCUT2D eigenvalue weighted by Gasteiger charge is -2.04. The Morgan fingerprint density at radius 1 is 1.59 bits per heavy atom. The molecule has 0 aliphatic heterocycles. The summed E-state index contributed by atoms with van der Waals surface area (Å²) < 4.78 is 0. The molecule has 1 heterocycles. The Morgan fingerprint density at radius 2 is 2.47 bits per heavy atom. The normalized spacial score (nSPS) is 24.9. The summed E-state index contributed by atoms with van der Waals surface area (Å²) in [5, 5.41) is 5.29. The molecule has 0 aromatic carbocycles. The SMILES string of the molecule is NC(=NCC1CC12CC2)NCCc1cccs1. The van der Waals surface area contributed by atoms with Gasteiger partial charge in [0.15, 0.2) is 5.96 Å². The number of guanidine groups is 1. The molecule has 2 aliphatic carbocycles. The molecule has 0 bridgehead atoms. The van der Waals surface area contributed by atoms with Crippen LogP contribution in [0.2, 0.25) is 0 Å². The van der Waals surface area contributed by atoms with E-state index in [0.717, 1.165) is 30.8 Å². The molecule has 3 N–H and O–H groups in total. The van der Waals surface area contributed by atoms with E-state index < -0.39 is 0 Å². The lowest BCUT2D eigenvalue weighted by atomic mass is 10.3. The molecule has 2 aliphatic rings. The highest BCUT2D eigenvalue weighted by Crippen LogP contribution is 2.70. The first-order valence-corrected chi connectivity index (χ1v) is 7.23. The molecule has 0 radical (unpaired) electrons. The van der Waals surface area contributed by atoms with Crippen molar-refractivity contribution in [2.45, 2.75) is 25.7 Å². The Bertz CT molecular complexity index is 406. The van der Waals surface area contributed by atoms with E-state index in [9.17, 15) is 0 Å². The molecule has 3 rings (SSSR count). The molecule has 0 saturated heterocycles. The fraction of sp³-hybridized carbons (Fsp3) is 0.615. The van der Waals surface area contributed by atoms with E-state index in [1.54, 1.807) is 11.3 Å². The van der Waals surface area contributed by atoms with Crippen LogP contribution in [0.4, 0.5) is 0 Å². The van der Waals surface area contributed by atoms with E-state index in [2.05, 4.69) is 27.8 Å². The maximum atomic E-state index is 5.84. The highest BCUT2D eigenvalue weighted by Gasteiger charge is 2.62. The van der Waals surface area contributed by atoms with Crippen LogP contribution < -0.4 is 11.1 Å². The second-order valence-corrected chi connectivity index (χ2v) is 6.28. The Labute approximate surface area is 106 Å². The van der Waals surface area contributed by atoms with E-state index in [1.165, 1.54) is 24.1 Å². The number of rotatable bonds is 5. The summed E-state index contributed by atoms with van der Waals surface area (Å²) in [5.41, 5.74) is 6.58. The monoisotopic (exact) mass is 249 g/mol. The van der Waals surface area contributed by atoms with E-state index in [4.69, 9.17) is 5.73 Å². The number of nitrogens with one attached hydrogen (secondary N) is 1.